The molecule has 0 spiro atoms. The number of carbonyl (C=O) groups is 1. The van der Waals surface area contributed by atoms with Gasteiger partial charge < -0.3 is 9.16 Å². The Balaban J connectivity index is 1.55. The van der Waals surface area contributed by atoms with Crippen LogP contribution in [0.1, 0.15) is 80.1 Å². The number of carbonyl (C=O) groups excluding carboxylic acids is 1. The predicted octanol–water partition coefficient (Wildman–Crippen LogP) is 7.90. The molecule has 0 saturated heterocycles. The van der Waals surface area contributed by atoms with Crippen LogP contribution in [-0.2, 0) is 14.0 Å². The van der Waals surface area contributed by atoms with Crippen molar-refractivity contribution in [1.29, 1.82) is 0 Å². The van der Waals surface area contributed by atoms with E-state index in [-0.39, 0.29) is 28.4 Å². The molecule has 4 aliphatic carbocycles. The van der Waals surface area contributed by atoms with E-state index in [4.69, 9.17) is 9.16 Å². The second-order valence-electron chi connectivity index (χ2n) is 13.2. The number of hydrogen-bond donors (Lipinski definition) is 0. The number of allylic oxidation sites excluding steroid dienone is 4. The average Bonchev–Trinajstić information content (AvgIpc) is 3.09. The Morgan fingerprint density at radius 1 is 1.18 bits per heavy atom. The van der Waals surface area contributed by atoms with Crippen LogP contribution in [0.4, 0.5) is 4.39 Å². The number of halogens is 1. The van der Waals surface area contributed by atoms with Gasteiger partial charge in [0.1, 0.15) is 0 Å². The lowest BCUT2D eigenvalue weighted by Gasteiger charge is -2.57. The molecule has 0 unspecified atom stereocenters. The fourth-order valence-electron chi connectivity index (χ4n) is 7.26. The van der Waals surface area contributed by atoms with E-state index in [2.05, 4.69) is 59.9 Å². The molecule has 0 bridgehead atoms. The zero-order valence-electron chi connectivity index (χ0n) is 22.6. The molecule has 0 N–H and O–H groups in total. The van der Waals surface area contributed by atoms with Crippen LogP contribution in [0.3, 0.4) is 0 Å². The molecule has 4 aliphatic rings. The Bertz CT molecular complexity index is 926. The number of rotatable bonds is 4. The van der Waals surface area contributed by atoms with Crippen LogP contribution in [0.25, 0.3) is 0 Å². The van der Waals surface area contributed by atoms with Gasteiger partial charge in [-0.15, -0.1) is 0 Å². The number of ether oxygens (including phenoxy) is 1. The zero-order valence-corrected chi connectivity index (χ0v) is 23.6. The van der Waals surface area contributed by atoms with E-state index in [1.165, 1.54) is 6.42 Å². The fraction of sp³-hybridized carbons (Fsp3) is 0.759. The minimum absolute atomic E-state index is 0.195. The number of esters is 1. The van der Waals surface area contributed by atoms with Gasteiger partial charge >= 0.3 is 5.97 Å². The third kappa shape index (κ3) is 4.09. The van der Waals surface area contributed by atoms with Crippen molar-refractivity contribution in [3.05, 3.63) is 35.2 Å². The normalized spacial score (nSPS) is 39.0. The van der Waals surface area contributed by atoms with Gasteiger partial charge in [0.15, 0.2) is 8.32 Å². The second-order valence-corrected chi connectivity index (χ2v) is 17.9. The Hall–Kier alpha value is -1.20. The molecule has 2 saturated carbocycles. The van der Waals surface area contributed by atoms with Gasteiger partial charge in [-0.25, -0.2) is 4.79 Å². The molecule has 0 aromatic rings. The Morgan fingerprint density at radius 2 is 1.85 bits per heavy atom. The summed E-state index contributed by atoms with van der Waals surface area (Å²) in [4.78, 5) is 12.2. The molecule has 5 heteroatoms. The lowest BCUT2D eigenvalue weighted by Crippen LogP contribution is -2.51. The van der Waals surface area contributed by atoms with Gasteiger partial charge in [0.25, 0.3) is 0 Å². The van der Waals surface area contributed by atoms with E-state index in [0.717, 1.165) is 32.1 Å². The average molecular weight is 489 g/mol. The van der Waals surface area contributed by atoms with E-state index in [9.17, 15) is 4.79 Å². The monoisotopic (exact) mass is 488 g/mol. The molecular weight excluding hydrogens is 443 g/mol. The van der Waals surface area contributed by atoms with Gasteiger partial charge in [-0.3, -0.25) is 0 Å². The van der Waals surface area contributed by atoms with E-state index in [0.29, 0.717) is 23.5 Å². The highest BCUT2D eigenvalue weighted by Crippen LogP contribution is 2.65. The number of fused-ring (bicyclic) bond motifs is 5. The maximum atomic E-state index is 15.1. The SMILES string of the molecule is CCOC(=O)C(F)=C1C=C[C@H]2[C@@H]3CC=C4C[C@@H](O[Si](C)(C)C(C)(C)C)CC[C@]4(C)[C@H]3CC[C@]12C. The molecule has 0 aromatic carbocycles. The Morgan fingerprint density at radius 3 is 2.50 bits per heavy atom. The highest BCUT2D eigenvalue weighted by atomic mass is 28.4. The summed E-state index contributed by atoms with van der Waals surface area (Å²) < 4.78 is 26.9. The van der Waals surface area contributed by atoms with E-state index in [1.54, 1.807) is 12.5 Å². The highest BCUT2D eigenvalue weighted by Gasteiger charge is 2.57. The van der Waals surface area contributed by atoms with Crippen LogP contribution in [-0.4, -0.2) is 27.0 Å². The molecule has 0 amide bonds. The fourth-order valence-corrected chi connectivity index (χ4v) is 8.65. The molecule has 34 heavy (non-hydrogen) atoms. The standard InChI is InChI=1S/C29H45FO3Si/c1-9-32-26(31)25(30)24-13-12-22-21-11-10-19-18-20(33-34(7,8)27(2,3)4)14-16-28(19,5)23(21)15-17-29(22,24)6/h10,12-13,20-23H,9,11,14-18H2,1-8H3/t20-,21-,22-,23-,28-,29-/m0/s1. The minimum atomic E-state index is -1.78. The third-order valence-electron chi connectivity index (χ3n) is 10.4. The summed E-state index contributed by atoms with van der Waals surface area (Å²) in [7, 11) is -1.78. The van der Waals surface area contributed by atoms with Crippen molar-refractivity contribution in [2.24, 2.45) is 28.6 Å². The molecule has 3 nitrogen and oxygen atoms in total. The van der Waals surface area contributed by atoms with Crippen molar-refractivity contribution in [2.45, 2.75) is 104 Å². The van der Waals surface area contributed by atoms with Crippen molar-refractivity contribution in [3.8, 4) is 0 Å². The van der Waals surface area contributed by atoms with E-state index < -0.39 is 20.1 Å². The molecule has 6 atom stereocenters. The van der Waals surface area contributed by atoms with Crippen LogP contribution in [0.15, 0.2) is 35.2 Å². The Kier molecular flexibility index (Phi) is 6.64. The van der Waals surface area contributed by atoms with Gasteiger partial charge in [0, 0.05) is 17.1 Å². The maximum Gasteiger partial charge on any atom is 0.367 e. The van der Waals surface area contributed by atoms with Gasteiger partial charge in [-0.05, 0) is 86.7 Å². The molecule has 4 rings (SSSR count). The lowest BCUT2D eigenvalue weighted by molar-refractivity contribution is -0.140. The van der Waals surface area contributed by atoms with Crippen molar-refractivity contribution < 1.29 is 18.3 Å². The predicted molar refractivity (Wildman–Crippen MR) is 138 cm³/mol. The summed E-state index contributed by atoms with van der Waals surface area (Å²) in [5.74, 6) is -0.132. The maximum absolute atomic E-state index is 15.1. The molecular formula is C29H45FO3Si. The smallest absolute Gasteiger partial charge is 0.367 e. The van der Waals surface area contributed by atoms with Gasteiger partial charge in [-0.1, -0.05) is 58.4 Å². The van der Waals surface area contributed by atoms with Crippen LogP contribution in [0.5, 0.6) is 0 Å². The first-order chi connectivity index (χ1) is 15.7. The van der Waals surface area contributed by atoms with Crippen LogP contribution < -0.4 is 0 Å². The topological polar surface area (TPSA) is 35.5 Å². The molecule has 0 heterocycles. The molecule has 2 fully saturated rings. The van der Waals surface area contributed by atoms with E-state index >= 15 is 4.39 Å². The third-order valence-corrected chi connectivity index (χ3v) is 14.9. The zero-order chi connectivity index (χ0) is 25.1. The summed E-state index contributed by atoms with van der Waals surface area (Å²) in [6.07, 6.45) is 13.3. The summed E-state index contributed by atoms with van der Waals surface area (Å²) in [6, 6.07) is 0. The molecule has 190 valence electrons. The Labute approximate surface area is 207 Å². The molecule has 0 radical (unpaired) electrons. The molecule has 0 aliphatic heterocycles. The van der Waals surface area contributed by atoms with Crippen molar-refractivity contribution in [3.63, 3.8) is 0 Å². The first-order valence-electron chi connectivity index (χ1n) is 13.4. The van der Waals surface area contributed by atoms with Crippen LogP contribution in [0.2, 0.25) is 18.1 Å². The summed E-state index contributed by atoms with van der Waals surface area (Å²) in [6.45, 7) is 18.2. The quantitative estimate of drug-likeness (QED) is 0.175. The summed E-state index contributed by atoms with van der Waals surface area (Å²) in [5, 5.41) is 0.229. The summed E-state index contributed by atoms with van der Waals surface area (Å²) >= 11 is 0. The summed E-state index contributed by atoms with van der Waals surface area (Å²) in [5.41, 5.74) is 2.04. The second kappa shape index (κ2) is 8.72. The van der Waals surface area contributed by atoms with Gasteiger partial charge in [0.2, 0.25) is 5.83 Å². The van der Waals surface area contributed by atoms with Gasteiger partial charge in [-0.2, -0.15) is 4.39 Å². The van der Waals surface area contributed by atoms with Gasteiger partial charge in [0.05, 0.1) is 6.61 Å². The van der Waals surface area contributed by atoms with E-state index in [1.807, 2.05) is 6.08 Å². The first kappa shape index (κ1) is 25.9. The van der Waals surface area contributed by atoms with Crippen molar-refractivity contribution >= 4 is 14.3 Å². The largest absolute Gasteiger partial charge is 0.461 e. The lowest BCUT2D eigenvalue weighted by atomic mass is 9.47. The van der Waals surface area contributed by atoms with Crippen molar-refractivity contribution in [2.75, 3.05) is 6.61 Å². The first-order valence-corrected chi connectivity index (χ1v) is 16.3. The highest BCUT2D eigenvalue weighted by molar-refractivity contribution is 6.74. The minimum Gasteiger partial charge on any atom is -0.461 e. The molecule has 0 aromatic heterocycles. The van der Waals surface area contributed by atoms with Crippen molar-refractivity contribution in [1.82, 2.24) is 0 Å². The number of hydrogen-bond acceptors (Lipinski definition) is 3. The van der Waals surface area contributed by atoms with Crippen LogP contribution in [0, 0.1) is 28.6 Å². The van der Waals surface area contributed by atoms with Crippen LogP contribution >= 0.6 is 0 Å².